The van der Waals surface area contributed by atoms with E-state index in [1.165, 1.54) is 13.0 Å². The number of benzene rings is 1. The highest BCUT2D eigenvalue weighted by Gasteiger charge is 2.16. The second kappa shape index (κ2) is 4.26. The molecular formula is C9H8Cl2FNO. The normalized spacial score (nSPS) is 12.6. The first-order chi connectivity index (χ1) is 6.43. The first-order valence-corrected chi connectivity index (χ1v) is 4.63. The average Bonchev–Trinajstić information content (AvgIpc) is 2.10. The molecule has 2 N–H and O–H groups in total. The number of nitrogens with two attached hydrogens (primary N) is 1. The molecule has 2 nitrogen and oxygen atoms in total. The summed E-state index contributed by atoms with van der Waals surface area (Å²) in [7, 11) is 0. The molecule has 1 unspecified atom stereocenters. The van der Waals surface area contributed by atoms with Gasteiger partial charge in [-0.05, 0) is 19.1 Å². The van der Waals surface area contributed by atoms with Crippen LogP contribution in [0.4, 0.5) is 4.39 Å². The number of Topliss-reactive ketones (excluding diaryl/α,β-unsaturated/α-hetero) is 1. The molecule has 5 heteroatoms. The summed E-state index contributed by atoms with van der Waals surface area (Å²) < 4.78 is 12.9. The molecule has 0 spiro atoms. The molecule has 0 aliphatic heterocycles. The van der Waals surface area contributed by atoms with Crippen molar-refractivity contribution in [2.24, 2.45) is 5.73 Å². The molecule has 1 atom stereocenters. The number of carbonyl (C=O) groups excluding carboxylic acids is 1. The lowest BCUT2D eigenvalue weighted by Gasteiger charge is -2.07. The highest BCUT2D eigenvalue weighted by Crippen LogP contribution is 2.24. The van der Waals surface area contributed by atoms with Crippen LogP contribution in [0.5, 0.6) is 0 Å². The predicted octanol–water partition coefficient (Wildman–Crippen LogP) is 2.66. The molecule has 1 aromatic rings. The van der Waals surface area contributed by atoms with Gasteiger partial charge in [0.15, 0.2) is 5.78 Å². The van der Waals surface area contributed by atoms with Gasteiger partial charge in [-0.25, -0.2) is 4.39 Å². The zero-order valence-electron chi connectivity index (χ0n) is 7.35. The molecule has 0 radical (unpaired) electrons. The fourth-order valence-corrected chi connectivity index (χ4v) is 1.36. The Balaban J connectivity index is 3.22. The third-order valence-corrected chi connectivity index (χ3v) is 2.29. The van der Waals surface area contributed by atoms with Crippen molar-refractivity contribution in [2.75, 3.05) is 0 Å². The maximum Gasteiger partial charge on any atom is 0.180 e. The number of ketones is 1. The second-order valence-corrected chi connectivity index (χ2v) is 3.71. The Bertz CT molecular complexity index is 379. The summed E-state index contributed by atoms with van der Waals surface area (Å²) in [5, 5.41) is -0.118. The highest BCUT2D eigenvalue weighted by molar-refractivity contribution is 6.36. The summed E-state index contributed by atoms with van der Waals surface area (Å²) in [4.78, 5) is 11.4. The Morgan fingerprint density at radius 1 is 1.43 bits per heavy atom. The average molecular weight is 236 g/mol. The minimum Gasteiger partial charge on any atom is -0.321 e. The van der Waals surface area contributed by atoms with E-state index >= 15 is 0 Å². The van der Waals surface area contributed by atoms with E-state index in [9.17, 15) is 9.18 Å². The number of hydrogen-bond donors (Lipinski definition) is 1. The van der Waals surface area contributed by atoms with Gasteiger partial charge in [0.05, 0.1) is 16.1 Å². The van der Waals surface area contributed by atoms with Crippen molar-refractivity contribution in [2.45, 2.75) is 13.0 Å². The standard InChI is InChI=1S/C9H8Cl2FNO/c1-4(13)9(14)5-2-7(11)8(12)3-6(5)10/h2-4H,13H2,1H3. The van der Waals surface area contributed by atoms with Crippen molar-refractivity contribution >= 4 is 29.0 Å². The maximum atomic E-state index is 12.9. The number of rotatable bonds is 2. The lowest BCUT2D eigenvalue weighted by atomic mass is 10.1. The van der Waals surface area contributed by atoms with E-state index in [4.69, 9.17) is 28.9 Å². The zero-order valence-corrected chi connectivity index (χ0v) is 8.86. The van der Waals surface area contributed by atoms with Crippen molar-refractivity contribution in [3.05, 3.63) is 33.6 Å². The van der Waals surface area contributed by atoms with Gasteiger partial charge in [-0.2, -0.15) is 0 Å². The fraction of sp³-hybridized carbons (Fsp3) is 0.222. The van der Waals surface area contributed by atoms with Crippen molar-refractivity contribution < 1.29 is 9.18 Å². The van der Waals surface area contributed by atoms with Gasteiger partial charge in [-0.3, -0.25) is 4.79 Å². The molecule has 1 aromatic carbocycles. The summed E-state index contributed by atoms with van der Waals surface area (Å²) in [5.74, 6) is -1.02. The van der Waals surface area contributed by atoms with Crippen LogP contribution >= 0.6 is 23.2 Å². The Morgan fingerprint density at radius 2 is 2.00 bits per heavy atom. The lowest BCUT2D eigenvalue weighted by Crippen LogP contribution is -2.26. The predicted molar refractivity (Wildman–Crippen MR) is 54.4 cm³/mol. The SMILES string of the molecule is CC(N)C(=O)c1cc(Cl)c(F)cc1Cl. The summed E-state index contributed by atoms with van der Waals surface area (Å²) in [5.41, 5.74) is 5.53. The van der Waals surface area contributed by atoms with Gasteiger partial charge < -0.3 is 5.73 Å². The molecule has 0 saturated carbocycles. The third-order valence-electron chi connectivity index (χ3n) is 1.69. The molecule has 0 aromatic heterocycles. The minimum absolute atomic E-state index is 0.0224. The molecule has 0 fully saturated rings. The third kappa shape index (κ3) is 2.23. The van der Waals surface area contributed by atoms with E-state index in [0.29, 0.717) is 0 Å². The van der Waals surface area contributed by atoms with Crippen LogP contribution in [-0.4, -0.2) is 11.8 Å². The first kappa shape index (κ1) is 11.4. The summed E-state index contributed by atoms with van der Waals surface area (Å²) in [6, 6.07) is 1.50. The van der Waals surface area contributed by atoms with Crippen molar-refractivity contribution in [1.29, 1.82) is 0 Å². The quantitative estimate of drug-likeness (QED) is 0.633. The topological polar surface area (TPSA) is 43.1 Å². The number of hydrogen-bond acceptors (Lipinski definition) is 2. The zero-order chi connectivity index (χ0) is 10.9. The van der Waals surface area contributed by atoms with Crippen LogP contribution in [0.3, 0.4) is 0 Å². The molecule has 0 saturated heterocycles. The summed E-state index contributed by atoms with van der Waals surface area (Å²) in [6.45, 7) is 1.52. The van der Waals surface area contributed by atoms with Crippen molar-refractivity contribution in [3.8, 4) is 0 Å². The first-order valence-electron chi connectivity index (χ1n) is 3.88. The van der Waals surface area contributed by atoms with Crippen LogP contribution in [0, 0.1) is 5.82 Å². The largest absolute Gasteiger partial charge is 0.321 e. The van der Waals surface area contributed by atoms with Crippen LogP contribution in [-0.2, 0) is 0 Å². The van der Waals surface area contributed by atoms with Gasteiger partial charge in [0.1, 0.15) is 5.82 Å². The molecule has 0 aliphatic rings. The highest BCUT2D eigenvalue weighted by atomic mass is 35.5. The van der Waals surface area contributed by atoms with Crippen LogP contribution in [0.15, 0.2) is 12.1 Å². The molecule has 0 aliphatic carbocycles. The summed E-state index contributed by atoms with van der Waals surface area (Å²) in [6.07, 6.45) is 0. The Labute approximate surface area is 90.8 Å². The second-order valence-electron chi connectivity index (χ2n) is 2.90. The van der Waals surface area contributed by atoms with Crippen LogP contribution in [0.1, 0.15) is 17.3 Å². The molecule has 0 amide bonds. The van der Waals surface area contributed by atoms with Crippen LogP contribution in [0.2, 0.25) is 10.0 Å². The van der Waals surface area contributed by atoms with E-state index in [0.717, 1.165) is 6.07 Å². The molecule has 1 rings (SSSR count). The van der Waals surface area contributed by atoms with E-state index in [1.807, 2.05) is 0 Å². The smallest absolute Gasteiger partial charge is 0.180 e. The molecule has 0 heterocycles. The molecule has 76 valence electrons. The Morgan fingerprint density at radius 3 is 2.50 bits per heavy atom. The number of carbonyl (C=O) groups is 1. The molecular weight excluding hydrogens is 228 g/mol. The maximum absolute atomic E-state index is 12.9. The van der Waals surface area contributed by atoms with Gasteiger partial charge >= 0.3 is 0 Å². The van der Waals surface area contributed by atoms with E-state index < -0.39 is 11.9 Å². The summed E-state index contributed by atoms with van der Waals surface area (Å²) >= 11 is 11.2. The van der Waals surface area contributed by atoms with Crippen molar-refractivity contribution in [1.82, 2.24) is 0 Å². The lowest BCUT2D eigenvalue weighted by molar-refractivity contribution is 0.0968. The fourth-order valence-electron chi connectivity index (χ4n) is 0.957. The van der Waals surface area contributed by atoms with Crippen molar-refractivity contribution in [3.63, 3.8) is 0 Å². The van der Waals surface area contributed by atoms with Crippen LogP contribution < -0.4 is 5.73 Å². The van der Waals surface area contributed by atoms with Gasteiger partial charge in [-0.15, -0.1) is 0 Å². The monoisotopic (exact) mass is 235 g/mol. The minimum atomic E-state index is -0.686. The Hall–Kier alpha value is -0.640. The molecule has 14 heavy (non-hydrogen) atoms. The van der Waals surface area contributed by atoms with E-state index in [1.54, 1.807) is 0 Å². The van der Waals surface area contributed by atoms with Gasteiger partial charge in [0, 0.05) is 5.56 Å². The number of halogens is 3. The van der Waals surface area contributed by atoms with E-state index in [-0.39, 0.29) is 21.4 Å². The van der Waals surface area contributed by atoms with Gasteiger partial charge in [0.25, 0.3) is 0 Å². The van der Waals surface area contributed by atoms with E-state index in [2.05, 4.69) is 0 Å². The van der Waals surface area contributed by atoms with Crippen LogP contribution in [0.25, 0.3) is 0 Å². The Kier molecular flexibility index (Phi) is 3.48. The van der Waals surface area contributed by atoms with Gasteiger partial charge in [-0.1, -0.05) is 23.2 Å². The molecule has 0 bridgehead atoms. The van der Waals surface area contributed by atoms with Gasteiger partial charge in [0.2, 0.25) is 0 Å².